The Morgan fingerprint density at radius 1 is 1.26 bits per heavy atom. The molecule has 1 N–H and O–H groups in total. The molecule has 118 valence electrons. The van der Waals surface area contributed by atoms with Crippen LogP contribution >= 0.6 is 0 Å². The van der Waals surface area contributed by atoms with Crippen molar-refractivity contribution in [1.82, 2.24) is 9.97 Å². The molecule has 3 rings (SSSR count). The minimum Gasteiger partial charge on any atom is -0.369 e. The van der Waals surface area contributed by atoms with Gasteiger partial charge in [0.1, 0.15) is 5.82 Å². The molecule has 0 saturated carbocycles. The quantitative estimate of drug-likeness (QED) is 0.933. The van der Waals surface area contributed by atoms with Crippen molar-refractivity contribution >= 4 is 17.5 Å². The highest BCUT2D eigenvalue weighted by atomic mass is 15.2. The van der Waals surface area contributed by atoms with E-state index in [4.69, 9.17) is 5.26 Å². The van der Waals surface area contributed by atoms with E-state index in [0.717, 1.165) is 31.0 Å². The first-order chi connectivity index (χ1) is 11.2. The molecule has 0 radical (unpaired) electrons. The molecule has 0 amide bonds. The first-order valence-corrected chi connectivity index (χ1v) is 7.68. The topological polar surface area (TPSA) is 68.1 Å². The maximum atomic E-state index is 8.87. The molecule has 1 aromatic heterocycles. The number of nitrogens with zero attached hydrogens (tertiary/aromatic N) is 5. The van der Waals surface area contributed by atoms with Gasteiger partial charge >= 0.3 is 0 Å². The van der Waals surface area contributed by atoms with Gasteiger partial charge in [0.05, 0.1) is 11.6 Å². The van der Waals surface area contributed by atoms with Crippen molar-refractivity contribution in [3.63, 3.8) is 0 Å². The SMILES string of the molecule is CN(C)c1nccc(NC2CCN(c3ccc(C#N)cc3)C2)n1. The van der Waals surface area contributed by atoms with Crippen molar-refractivity contribution in [2.45, 2.75) is 12.5 Å². The van der Waals surface area contributed by atoms with Crippen molar-refractivity contribution in [1.29, 1.82) is 5.26 Å². The smallest absolute Gasteiger partial charge is 0.226 e. The Hall–Kier alpha value is -2.81. The van der Waals surface area contributed by atoms with E-state index in [1.165, 1.54) is 0 Å². The van der Waals surface area contributed by atoms with Crippen LogP contribution in [0, 0.1) is 11.3 Å². The number of rotatable bonds is 4. The van der Waals surface area contributed by atoms with Crippen molar-refractivity contribution < 1.29 is 0 Å². The van der Waals surface area contributed by atoms with E-state index in [-0.39, 0.29) is 0 Å². The van der Waals surface area contributed by atoms with E-state index < -0.39 is 0 Å². The first kappa shape index (κ1) is 15.1. The van der Waals surface area contributed by atoms with Crippen LogP contribution in [0.4, 0.5) is 17.5 Å². The van der Waals surface area contributed by atoms with Crippen molar-refractivity contribution in [2.24, 2.45) is 0 Å². The molecule has 1 saturated heterocycles. The van der Waals surface area contributed by atoms with E-state index in [9.17, 15) is 0 Å². The second kappa shape index (κ2) is 6.53. The number of hydrogen-bond acceptors (Lipinski definition) is 6. The summed E-state index contributed by atoms with van der Waals surface area (Å²) >= 11 is 0. The molecular formula is C17H20N6. The van der Waals surface area contributed by atoms with Gasteiger partial charge in [-0.25, -0.2) is 4.98 Å². The Bertz CT molecular complexity index is 704. The maximum absolute atomic E-state index is 8.87. The van der Waals surface area contributed by atoms with Crippen LogP contribution in [0.2, 0.25) is 0 Å². The molecule has 6 nitrogen and oxygen atoms in total. The second-order valence-electron chi connectivity index (χ2n) is 5.87. The van der Waals surface area contributed by atoms with E-state index in [1.54, 1.807) is 6.20 Å². The van der Waals surface area contributed by atoms with Crippen molar-refractivity contribution in [2.75, 3.05) is 42.3 Å². The molecule has 1 aromatic carbocycles. The number of benzene rings is 1. The molecular weight excluding hydrogens is 288 g/mol. The number of hydrogen-bond donors (Lipinski definition) is 1. The molecule has 1 aliphatic rings. The fourth-order valence-corrected chi connectivity index (χ4v) is 2.71. The third-order valence-electron chi connectivity index (χ3n) is 3.94. The lowest BCUT2D eigenvalue weighted by atomic mass is 10.2. The monoisotopic (exact) mass is 308 g/mol. The van der Waals surface area contributed by atoms with Gasteiger partial charge in [0.15, 0.2) is 0 Å². The van der Waals surface area contributed by atoms with Gasteiger partial charge in [-0.15, -0.1) is 0 Å². The largest absolute Gasteiger partial charge is 0.369 e. The molecule has 23 heavy (non-hydrogen) atoms. The molecule has 0 aliphatic carbocycles. The van der Waals surface area contributed by atoms with Crippen LogP contribution in [0.5, 0.6) is 0 Å². The minimum absolute atomic E-state index is 0.357. The maximum Gasteiger partial charge on any atom is 0.226 e. The van der Waals surface area contributed by atoms with Crippen LogP contribution in [-0.2, 0) is 0 Å². The summed E-state index contributed by atoms with van der Waals surface area (Å²) in [6.07, 6.45) is 2.83. The summed E-state index contributed by atoms with van der Waals surface area (Å²) in [5, 5.41) is 12.4. The zero-order valence-corrected chi connectivity index (χ0v) is 13.4. The standard InChI is InChI=1S/C17H20N6/c1-22(2)17-19-9-7-16(21-17)20-14-8-10-23(12-14)15-5-3-13(11-18)4-6-15/h3-7,9,14H,8,10,12H2,1-2H3,(H,19,20,21). The van der Waals surface area contributed by atoms with Crippen molar-refractivity contribution in [3.8, 4) is 6.07 Å². The zero-order chi connectivity index (χ0) is 16.2. The highest BCUT2D eigenvalue weighted by Gasteiger charge is 2.23. The Balaban J connectivity index is 1.63. The fourth-order valence-electron chi connectivity index (χ4n) is 2.71. The zero-order valence-electron chi connectivity index (χ0n) is 13.4. The molecule has 2 aromatic rings. The third kappa shape index (κ3) is 3.51. The van der Waals surface area contributed by atoms with Gasteiger partial charge in [-0.2, -0.15) is 10.2 Å². The normalized spacial score (nSPS) is 16.9. The number of nitrogens with one attached hydrogen (secondary N) is 1. The van der Waals surface area contributed by atoms with Gasteiger partial charge in [-0.3, -0.25) is 0 Å². The second-order valence-corrected chi connectivity index (χ2v) is 5.87. The Kier molecular flexibility index (Phi) is 4.29. The molecule has 0 bridgehead atoms. The summed E-state index contributed by atoms with van der Waals surface area (Å²) in [4.78, 5) is 13.0. The average molecular weight is 308 g/mol. The summed E-state index contributed by atoms with van der Waals surface area (Å²) in [7, 11) is 3.86. The lowest BCUT2D eigenvalue weighted by Crippen LogP contribution is -2.26. The average Bonchev–Trinajstić information content (AvgIpc) is 3.03. The Morgan fingerprint density at radius 3 is 2.74 bits per heavy atom. The van der Waals surface area contributed by atoms with Crippen molar-refractivity contribution in [3.05, 3.63) is 42.1 Å². The van der Waals surface area contributed by atoms with Gasteiger partial charge in [-0.1, -0.05) is 0 Å². The molecule has 0 spiro atoms. The van der Waals surface area contributed by atoms with E-state index in [0.29, 0.717) is 17.6 Å². The minimum atomic E-state index is 0.357. The molecule has 1 aliphatic heterocycles. The summed E-state index contributed by atoms with van der Waals surface area (Å²) in [5.41, 5.74) is 1.85. The van der Waals surface area contributed by atoms with Gasteiger partial charge in [0.25, 0.3) is 0 Å². The van der Waals surface area contributed by atoms with E-state index in [1.807, 2.05) is 49.3 Å². The van der Waals surface area contributed by atoms with Crippen LogP contribution < -0.4 is 15.1 Å². The number of anilines is 3. The highest BCUT2D eigenvalue weighted by molar-refractivity contribution is 5.51. The van der Waals surface area contributed by atoms with E-state index in [2.05, 4.69) is 26.3 Å². The molecule has 1 fully saturated rings. The molecule has 1 atom stereocenters. The summed E-state index contributed by atoms with van der Waals surface area (Å²) < 4.78 is 0. The van der Waals surface area contributed by atoms with Gasteiger partial charge < -0.3 is 15.1 Å². The van der Waals surface area contributed by atoms with Gasteiger partial charge in [0, 0.05) is 45.1 Å². The fraction of sp³-hybridized carbons (Fsp3) is 0.353. The lowest BCUT2D eigenvalue weighted by Gasteiger charge is -2.19. The predicted molar refractivity (Wildman–Crippen MR) is 91.8 cm³/mol. The van der Waals surface area contributed by atoms with Crippen LogP contribution in [0.25, 0.3) is 0 Å². The highest BCUT2D eigenvalue weighted by Crippen LogP contribution is 2.22. The number of nitriles is 1. The van der Waals surface area contributed by atoms with Crippen LogP contribution in [0.3, 0.4) is 0 Å². The molecule has 6 heteroatoms. The van der Waals surface area contributed by atoms with Gasteiger partial charge in [0.2, 0.25) is 5.95 Å². The molecule has 1 unspecified atom stereocenters. The van der Waals surface area contributed by atoms with E-state index >= 15 is 0 Å². The Labute approximate surface area is 136 Å². The van der Waals surface area contributed by atoms with Crippen LogP contribution in [0.1, 0.15) is 12.0 Å². The summed E-state index contributed by atoms with van der Waals surface area (Å²) in [5.74, 6) is 1.56. The lowest BCUT2D eigenvalue weighted by molar-refractivity contribution is 0.798. The first-order valence-electron chi connectivity index (χ1n) is 7.68. The molecule has 2 heterocycles. The third-order valence-corrected chi connectivity index (χ3v) is 3.94. The van der Waals surface area contributed by atoms with Crippen LogP contribution in [-0.4, -0.2) is 43.2 Å². The predicted octanol–water partition coefficient (Wildman–Crippen LogP) is 2.11. The summed E-state index contributed by atoms with van der Waals surface area (Å²) in [6, 6.07) is 12.2. The number of aromatic nitrogens is 2. The van der Waals surface area contributed by atoms with Crippen LogP contribution in [0.15, 0.2) is 36.5 Å². The van der Waals surface area contributed by atoms with Gasteiger partial charge in [-0.05, 0) is 36.8 Å². The Morgan fingerprint density at radius 2 is 2.04 bits per heavy atom. The summed E-state index contributed by atoms with van der Waals surface area (Å²) in [6.45, 7) is 1.92.